The molecule has 3 aromatic carbocycles. The Morgan fingerprint density at radius 2 is 1.46 bits per heavy atom. The van der Waals surface area contributed by atoms with Gasteiger partial charge >= 0.3 is 0 Å². The van der Waals surface area contributed by atoms with Gasteiger partial charge in [-0.05, 0) is 69.0 Å². The van der Waals surface area contributed by atoms with E-state index in [1.54, 1.807) is 0 Å². The summed E-state index contributed by atoms with van der Waals surface area (Å²) in [5.41, 5.74) is 10.3. The SMILES string of the molecule is Cc1c(N2c3ccccc3N(C(C)C)[C@H]2C)cc(C(C)(C)C)cc1-[n+]1c(C)ccc2ccccc21. The van der Waals surface area contributed by atoms with Crippen molar-refractivity contribution in [2.45, 2.75) is 73.0 Å². The molecule has 1 atom stereocenters. The van der Waals surface area contributed by atoms with Gasteiger partial charge in [0.2, 0.25) is 11.2 Å². The first kappa shape index (κ1) is 23.4. The van der Waals surface area contributed by atoms with Crippen molar-refractivity contribution >= 4 is 28.0 Å². The van der Waals surface area contributed by atoms with E-state index in [0.29, 0.717) is 6.04 Å². The molecule has 0 aliphatic carbocycles. The number of benzene rings is 3. The van der Waals surface area contributed by atoms with Crippen LogP contribution in [0.3, 0.4) is 0 Å². The van der Waals surface area contributed by atoms with E-state index in [1.165, 1.54) is 50.5 Å². The maximum Gasteiger partial charge on any atom is 0.218 e. The summed E-state index contributed by atoms with van der Waals surface area (Å²) in [5, 5.41) is 1.26. The van der Waals surface area contributed by atoms with Crippen LogP contribution in [0.25, 0.3) is 16.6 Å². The zero-order valence-corrected chi connectivity index (χ0v) is 22.4. The molecule has 0 radical (unpaired) electrons. The van der Waals surface area contributed by atoms with E-state index in [0.717, 1.165) is 0 Å². The van der Waals surface area contributed by atoms with Crippen molar-refractivity contribution in [3.05, 3.63) is 89.6 Å². The van der Waals surface area contributed by atoms with Crippen molar-refractivity contribution in [3.8, 4) is 5.69 Å². The number of fused-ring (bicyclic) bond motifs is 2. The molecule has 0 saturated heterocycles. The maximum atomic E-state index is 2.55. The predicted molar refractivity (Wildman–Crippen MR) is 149 cm³/mol. The molecule has 5 rings (SSSR count). The number of pyridine rings is 1. The lowest BCUT2D eigenvalue weighted by Gasteiger charge is -2.34. The quantitative estimate of drug-likeness (QED) is 0.287. The highest BCUT2D eigenvalue weighted by atomic mass is 15.4. The van der Waals surface area contributed by atoms with Gasteiger partial charge < -0.3 is 9.80 Å². The largest absolute Gasteiger partial charge is 0.347 e. The van der Waals surface area contributed by atoms with Crippen LogP contribution in [-0.4, -0.2) is 12.2 Å². The summed E-state index contributed by atoms with van der Waals surface area (Å²) in [7, 11) is 0. The van der Waals surface area contributed by atoms with Gasteiger partial charge in [-0.3, -0.25) is 0 Å². The number of aryl methyl sites for hydroxylation is 1. The van der Waals surface area contributed by atoms with Crippen molar-refractivity contribution in [1.82, 2.24) is 0 Å². The van der Waals surface area contributed by atoms with Gasteiger partial charge in [-0.25, -0.2) is 0 Å². The summed E-state index contributed by atoms with van der Waals surface area (Å²) in [5.74, 6) is 0. The fraction of sp³-hybridized carbons (Fsp3) is 0.344. The summed E-state index contributed by atoms with van der Waals surface area (Å²) in [4.78, 5) is 5.08. The van der Waals surface area contributed by atoms with Crippen LogP contribution in [0.4, 0.5) is 17.1 Å². The standard InChI is InChI=1S/C32H38N3/c1-21(2)33-24(5)35(29-16-12-11-15-28(29)33)31-20-26(32(6,7)8)19-30(23(31)4)34-22(3)17-18-25-13-9-10-14-27(25)34/h9-21,24H,1-8H3/q+1/t24-/m1/s1. The van der Waals surface area contributed by atoms with Gasteiger partial charge in [-0.1, -0.05) is 45.0 Å². The number of nitrogens with zero attached hydrogens (tertiary/aromatic N) is 3. The number of hydrogen-bond donors (Lipinski definition) is 0. The van der Waals surface area contributed by atoms with Gasteiger partial charge in [0.1, 0.15) is 6.17 Å². The van der Waals surface area contributed by atoms with Crippen LogP contribution < -0.4 is 14.4 Å². The first-order valence-corrected chi connectivity index (χ1v) is 12.8. The third-order valence-corrected chi connectivity index (χ3v) is 7.51. The summed E-state index contributed by atoms with van der Waals surface area (Å²) < 4.78 is 2.44. The predicted octanol–water partition coefficient (Wildman–Crippen LogP) is 7.74. The van der Waals surface area contributed by atoms with Crippen molar-refractivity contribution in [3.63, 3.8) is 0 Å². The second-order valence-electron chi connectivity index (χ2n) is 11.3. The number of para-hydroxylation sites is 3. The summed E-state index contributed by atoms with van der Waals surface area (Å²) in [6.07, 6.45) is 0.229. The minimum atomic E-state index is 0.0243. The molecule has 3 heteroatoms. The Morgan fingerprint density at radius 1 is 0.800 bits per heavy atom. The number of hydrogen-bond acceptors (Lipinski definition) is 2. The Kier molecular flexibility index (Phi) is 5.62. The van der Waals surface area contributed by atoms with E-state index in [2.05, 4.69) is 143 Å². The lowest BCUT2D eigenvalue weighted by Crippen LogP contribution is -2.43. The molecule has 1 aromatic heterocycles. The molecule has 3 nitrogen and oxygen atoms in total. The van der Waals surface area contributed by atoms with E-state index >= 15 is 0 Å². The molecule has 0 amide bonds. The smallest absolute Gasteiger partial charge is 0.218 e. The van der Waals surface area contributed by atoms with Gasteiger partial charge in [0, 0.05) is 42.1 Å². The molecule has 35 heavy (non-hydrogen) atoms. The van der Waals surface area contributed by atoms with Crippen molar-refractivity contribution < 1.29 is 4.57 Å². The minimum Gasteiger partial charge on any atom is -0.347 e. The van der Waals surface area contributed by atoms with Crippen LogP contribution in [0, 0.1) is 13.8 Å². The maximum absolute atomic E-state index is 2.55. The van der Waals surface area contributed by atoms with E-state index in [4.69, 9.17) is 0 Å². The molecule has 0 N–H and O–H groups in total. The Morgan fingerprint density at radius 3 is 2.14 bits per heavy atom. The Balaban J connectivity index is 1.82. The van der Waals surface area contributed by atoms with E-state index < -0.39 is 0 Å². The molecule has 2 heterocycles. The van der Waals surface area contributed by atoms with Crippen LogP contribution in [0.15, 0.2) is 72.8 Å². The molecule has 0 unspecified atom stereocenters. The lowest BCUT2D eigenvalue weighted by molar-refractivity contribution is -0.574. The zero-order valence-electron chi connectivity index (χ0n) is 22.4. The first-order valence-electron chi connectivity index (χ1n) is 12.8. The fourth-order valence-electron chi connectivity index (χ4n) is 5.68. The summed E-state index contributed by atoms with van der Waals surface area (Å²) >= 11 is 0. The summed E-state index contributed by atoms with van der Waals surface area (Å²) in [6.45, 7) is 18.3. The molecule has 0 saturated carbocycles. The third-order valence-electron chi connectivity index (χ3n) is 7.51. The van der Waals surface area contributed by atoms with Crippen LogP contribution >= 0.6 is 0 Å². The molecular weight excluding hydrogens is 426 g/mol. The topological polar surface area (TPSA) is 10.4 Å². The van der Waals surface area contributed by atoms with Crippen LogP contribution in [0.1, 0.15) is 58.4 Å². The van der Waals surface area contributed by atoms with E-state index in [1.807, 2.05) is 0 Å². The number of aromatic nitrogens is 1. The van der Waals surface area contributed by atoms with Crippen LogP contribution in [0.5, 0.6) is 0 Å². The second kappa shape index (κ2) is 8.41. The van der Waals surface area contributed by atoms with E-state index in [9.17, 15) is 0 Å². The molecule has 0 fully saturated rings. The average Bonchev–Trinajstić information content (AvgIpc) is 3.10. The number of rotatable bonds is 3. The lowest BCUT2D eigenvalue weighted by atomic mass is 9.85. The van der Waals surface area contributed by atoms with E-state index in [-0.39, 0.29) is 11.6 Å². The second-order valence-corrected chi connectivity index (χ2v) is 11.3. The summed E-state index contributed by atoms with van der Waals surface area (Å²) in [6, 6.07) is 27.3. The van der Waals surface area contributed by atoms with Crippen LogP contribution in [-0.2, 0) is 5.41 Å². The highest BCUT2D eigenvalue weighted by molar-refractivity contribution is 5.86. The molecule has 0 bridgehead atoms. The molecule has 4 aromatic rings. The Hall–Kier alpha value is -3.33. The normalized spacial score (nSPS) is 15.9. The van der Waals surface area contributed by atoms with Crippen LogP contribution in [0.2, 0.25) is 0 Å². The monoisotopic (exact) mass is 464 g/mol. The van der Waals surface area contributed by atoms with Crippen molar-refractivity contribution in [2.75, 3.05) is 9.80 Å². The fourth-order valence-corrected chi connectivity index (χ4v) is 5.68. The Bertz CT molecular complexity index is 1410. The van der Waals surface area contributed by atoms with Crippen molar-refractivity contribution in [2.24, 2.45) is 0 Å². The average molecular weight is 465 g/mol. The zero-order chi connectivity index (χ0) is 25.1. The first-order chi connectivity index (χ1) is 16.6. The van der Waals surface area contributed by atoms with Gasteiger partial charge in [-0.15, -0.1) is 0 Å². The molecule has 1 aliphatic heterocycles. The van der Waals surface area contributed by atoms with Gasteiger partial charge in [-0.2, -0.15) is 4.57 Å². The number of anilines is 3. The third kappa shape index (κ3) is 3.78. The van der Waals surface area contributed by atoms with Gasteiger partial charge in [0.05, 0.1) is 17.1 Å². The van der Waals surface area contributed by atoms with Crippen molar-refractivity contribution in [1.29, 1.82) is 0 Å². The molecular formula is C32H38N3+. The minimum absolute atomic E-state index is 0.0243. The highest BCUT2D eigenvalue weighted by Crippen LogP contribution is 2.47. The van der Waals surface area contributed by atoms with Gasteiger partial charge in [0.25, 0.3) is 0 Å². The highest BCUT2D eigenvalue weighted by Gasteiger charge is 2.37. The molecule has 0 spiro atoms. The Labute approximate surface area is 210 Å². The molecule has 1 aliphatic rings. The van der Waals surface area contributed by atoms with Gasteiger partial charge in [0.15, 0.2) is 5.69 Å². The molecule has 180 valence electrons.